The molecule has 0 amide bonds. The second-order valence-electron chi connectivity index (χ2n) is 11.7. The maximum atomic E-state index is 15.1. The summed E-state index contributed by atoms with van der Waals surface area (Å²) in [5, 5.41) is 23.0. The zero-order valence-electron chi connectivity index (χ0n) is 23.8. The van der Waals surface area contributed by atoms with E-state index in [4.69, 9.17) is 26.3 Å². The molecule has 4 heterocycles. The smallest absolute Gasteiger partial charge is 0.348 e. The number of carbonyl (C=O) groups is 1. The summed E-state index contributed by atoms with van der Waals surface area (Å²) in [6.07, 6.45) is 6.63. The largest absolute Gasteiger partial charge is 0.477 e. The molecule has 0 fully saturated rings. The quantitative estimate of drug-likeness (QED) is 0.136. The Hall–Kier alpha value is -3.78. The molecule has 1 aromatic carbocycles. The van der Waals surface area contributed by atoms with Gasteiger partial charge in [-0.1, -0.05) is 31.2 Å². The van der Waals surface area contributed by atoms with E-state index in [1.807, 2.05) is 22.9 Å². The first-order valence-electron chi connectivity index (χ1n) is 13.8. The number of ether oxygens (including phenoxy) is 1. The molecule has 222 valence electrons. The molecule has 0 saturated carbocycles. The second-order valence-corrected chi connectivity index (χ2v) is 18.6. The molecule has 0 radical (unpaired) electrons. The van der Waals surface area contributed by atoms with Gasteiger partial charge in [0, 0.05) is 54.2 Å². The molecule has 0 spiro atoms. The van der Waals surface area contributed by atoms with Crippen LogP contribution < -0.4 is 0 Å². The van der Waals surface area contributed by atoms with Crippen LogP contribution in [0.1, 0.15) is 39.1 Å². The maximum absolute atomic E-state index is 15.1. The highest BCUT2D eigenvalue weighted by atomic mass is 35.5. The van der Waals surface area contributed by atoms with Crippen molar-refractivity contribution in [1.82, 2.24) is 34.7 Å². The van der Waals surface area contributed by atoms with Crippen LogP contribution in [0.5, 0.6) is 0 Å². The van der Waals surface area contributed by atoms with Gasteiger partial charge >= 0.3 is 5.97 Å². The first kappa shape index (κ1) is 29.3. The minimum atomic E-state index is -1.30. The number of tetrazole rings is 1. The van der Waals surface area contributed by atoms with Gasteiger partial charge in [-0.15, -0.1) is 16.4 Å². The maximum Gasteiger partial charge on any atom is 0.348 e. The third kappa shape index (κ3) is 6.02. The number of aromatic carboxylic acids is 1. The highest BCUT2D eigenvalue weighted by Gasteiger charge is 2.31. The minimum Gasteiger partial charge on any atom is -0.477 e. The minimum absolute atomic E-state index is 0.141. The molecule has 43 heavy (non-hydrogen) atoms. The summed E-state index contributed by atoms with van der Waals surface area (Å²) in [7, 11) is -1.29. The molecule has 14 heteroatoms. The monoisotopic (exact) mass is 637 g/mol. The highest BCUT2D eigenvalue weighted by Crippen LogP contribution is 2.40. The summed E-state index contributed by atoms with van der Waals surface area (Å²) in [5.41, 5.74) is 5.03. The van der Waals surface area contributed by atoms with Crippen molar-refractivity contribution in [3.63, 3.8) is 0 Å². The number of halogens is 2. The molecule has 1 aliphatic carbocycles. The van der Waals surface area contributed by atoms with Gasteiger partial charge in [0.1, 0.15) is 23.8 Å². The zero-order chi connectivity index (χ0) is 30.3. The van der Waals surface area contributed by atoms with Crippen LogP contribution in [-0.4, -0.2) is 60.5 Å². The summed E-state index contributed by atoms with van der Waals surface area (Å²) < 4.78 is 24.6. The van der Waals surface area contributed by atoms with Crippen molar-refractivity contribution in [2.75, 3.05) is 6.61 Å². The topological polar surface area (TPSA) is 121 Å². The average Bonchev–Trinajstić information content (AvgIpc) is 3.76. The van der Waals surface area contributed by atoms with Crippen molar-refractivity contribution in [1.29, 1.82) is 0 Å². The number of thiophene rings is 1. The van der Waals surface area contributed by atoms with Gasteiger partial charge in [-0.3, -0.25) is 4.98 Å². The number of hydrogen-bond donors (Lipinski definition) is 1. The van der Waals surface area contributed by atoms with Crippen molar-refractivity contribution >= 4 is 37.0 Å². The van der Waals surface area contributed by atoms with Crippen molar-refractivity contribution < 1.29 is 19.0 Å². The molecule has 5 aromatic rings. The third-order valence-corrected chi connectivity index (χ3v) is 10.3. The van der Waals surface area contributed by atoms with E-state index in [0.717, 1.165) is 58.3 Å². The van der Waals surface area contributed by atoms with Crippen molar-refractivity contribution in [3.05, 3.63) is 81.2 Å². The summed E-state index contributed by atoms with van der Waals surface area (Å²) in [6, 6.07) is 8.64. The van der Waals surface area contributed by atoms with Gasteiger partial charge in [0.15, 0.2) is 5.82 Å². The lowest BCUT2D eigenvalue weighted by atomic mass is 10.0. The lowest BCUT2D eigenvalue weighted by molar-refractivity contribution is 0.0697. The fourth-order valence-electron chi connectivity index (χ4n) is 5.22. The van der Waals surface area contributed by atoms with E-state index in [2.05, 4.69) is 41.2 Å². The number of hydrogen-bond acceptors (Lipinski definition) is 8. The van der Waals surface area contributed by atoms with Gasteiger partial charge in [-0.05, 0) is 59.1 Å². The fourth-order valence-corrected chi connectivity index (χ4v) is 6.93. The fraction of sp³-hybridized carbons (Fsp3) is 0.310. The standard InChI is InChI=1S/C29H29ClFN7O3SSi/c1-43(2,3)9-8-41-16-37-13-23(22-14-42-27(25(22)31)29(39)40)34-28(37)20-6-4-17-10-18(12-32-26(17)20)21-11-19(30)5-7-24(21)38-15-33-35-36-38/h5,7,10-15,20H,4,6,8-9,16H2,1-3H3,(H,39,40). The van der Waals surface area contributed by atoms with E-state index in [9.17, 15) is 9.90 Å². The van der Waals surface area contributed by atoms with Crippen LogP contribution in [0.3, 0.4) is 0 Å². The Bertz CT molecular complexity index is 1800. The van der Waals surface area contributed by atoms with Gasteiger partial charge in [-0.25, -0.2) is 14.2 Å². The van der Waals surface area contributed by atoms with E-state index in [-0.39, 0.29) is 23.1 Å². The first-order valence-corrected chi connectivity index (χ1v) is 18.7. The molecule has 0 saturated heterocycles. The summed E-state index contributed by atoms with van der Waals surface area (Å²) in [6.45, 7) is 7.75. The normalized spacial score (nSPS) is 14.8. The molecule has 0 bridgehead atoms. The van der Waals surface area contributed by atoms with Crippen molar-refractivity contribution in [3.8, 4) is 28.1 Å². The lowest BCUT2D eigenvalue weighted by Gasteiger charge is -2.17. The van der Waals surface area contributed by atoms with E-state index in [0.29, 0.717) is 23.1 Å². The SMILES string of the molecule is C[Si](C)(C)CCOCn1cc(-c2csc(C(=O)O)c2F)nc1C1CCc2cc(-c3cc(Cl)ccc3-n3cnnn3)cnc21. The zero-order valence-corrected chi connectivity index (χ0v) is 26.4. The summed E-state index contributed by atoms with van der Waals surface area (Å²) in [5.74, 6) is -1.50. The third-order valence-electron chi connectivity index (χ3n) is 7.45. The molecular weight excluding hydrogens is 609 g/mol. The number of pyridine rings is 1. The van der Waals surface area contributed by atoms with Crippen LogP contribution in [0.4, 0.5) is 4.39 Å². The number of aryl methyl sites for hydroxylation is 1. The predicted molar refractivity (Wildman–Crippen MR) is 164 cm³/mol. The number of fused-ring (bicyclic) bond motifs is 1. The Morgan fingerprint density at radius 2 is 2.09 bits per heavy atom. The molecule has 1 unspecified atom stereocenters. The van der Waals surface area contributed by atoms with Crippen LogP contribution >= 0.6 is 22.9 Å². The van der Waals surface area contributed by atoms with E-state index in [1.165, 1.54) is 11.7 Å². The first-order chi connectivity index (χ1) is 20.6. The Balaban J connectivity index is 1.35. The number of benzene rings is 1. The second kappa shape index (κ2) is 11.7. The molecule has 10 nitrogen and oxygen atoms in total. The van der Waals surface area contributed by atoms with E-state index < -0.39 is 19.9 Å². The molecule has 4 aromatic heterocycles. The number of carboxylic acid groups (broad SMARTS) is 1. The van der Waals surface area contributed by atoms with Crippen LogP contribution in [0.15, 0.2) is 48.4 Å². The predicted octanol–water partition coefficient (Wildman–Crippen LogP) is 6.53. The number of rotatable bonds is 10. The van der Waals surface area contributed by atoms with E-state index in [1.54, 1.807) is 16.9 Å². The Morgan fingerprint density at radius 3 is 2.81 bits per heavy atom. The summed E-state index contributed by atoms with van der Waals surface area (Å²) in [4.78, 5) is 20.9. The molecule has 0 aliphatic heterocycles. The van der Waals surface area contributed by atoms with Crippen LogP contribution in [0, 0.1) is 5.82 Å². The van der Waals surface area contributed by atoms with Crippen molar-refractivity contribution in [2.24, 2.45) is 0 Å². The van der Waals surface area contributed by atoms with Crippen LogP contribution in [-0.2, 0) is 17.9 Å². The Kier molecular flexibility index (Phi) is 7.98. The highest BCUT2D eigenvalue weighted by molar-refractivity contribution is 7.12. The van der Waals surface area contributed by atoms with Gasteiger partial charge < -0.3 is 14.4 Å². The number of aromatic nitrogens is 7. The Labute approximate surface area is 257 Å². The number of nitrogens with zero attached hydrogens (tertiary/aromatic N) is 7. The molecule has 1 N–H and O–H groups in total. The van der Waals surface area contributed by atoms with Crippen LogP contribution in [0.25, 0.3) is 28.1 Å². The molecule has 6 rings (SSSR count). The lowest BCUT2D eigenvalue weighted by Crippen LogP contribution is -2.22. The number of imidazole rings is 1. The van der Waals surface area contributed by atoms with Crippen molar-refractivity contribution in [2.45, 2.75) is 51.2 Å². The van der Waals surface area contributed by atoms with E-state index >= 15 is 4.39 Å². The van der Waals surface area contributed by atoms with Gasteiger partial charge in [0.05, 0.1) is 23.0 Å². The van der Waals surface area contributed by atoms with Gasteiger partial charge in [-0.2, -0.15) is 4.68 Å². The van der Waals surface area contributed by atoms with Crippen LogP contribution in [0.2, 0.25) is 30.7 Å². The molecule has 1 atom stereocenters. The molecular formula is C29H29ClFN7O3SSi. The van der Waals surface area contributed by atoms with Gasteiger partial charge in [0.2, 0.25) is 0 Å². The summed E-state index contributed by atoms with van der Waals surface area (Å²) >= 11 is 7.22. The molecule has 1 aliphatic rings. The number of carboxylic acids is 1. The average molecular weight is 638 g/mol. The van der Waals surface area contributed by atoms with Gasteiger partial charge in [0.25, 0.3) is 0 Å². The Morgan fingerprint density at radius 1 is 1.26 bits per heavy atom.